The molecule has 1 fully saturated rings. The maximum atomic E-state index is 12.2. The van der Waals surface area contributed by atoms with Crippen molar-refractivity contribution in [1.29, 1.82) is 0 Å². The first-order valence-corrected chi connectivity index (χ1v) is 6.45. The average Bonchev–Trinajstić information content (AvgIpc) is 2.38. The maximum absolute atomic E-state index is 12.2. The lowest BCUT2D eigenvalue weighted by atomic mass is 10.1. The molecule has 0 spiro atoms. The Hall–Kier alpha value is -0.940. The summed E-state index contributed by atoms with van der Waals surface area (Å²) < 4.78 is 5.98. The summed E-state index contributed by atoms with van der Waals surface area (Å²) in [6.07, 6.45) is 1.80. The molecule has 0 N–H and O–H groups in total. The Morgan fingerprint density at radius 3 is 2.82 bits per heavy atom. The molecule has 2 rings (SSSR count). The topological polar surface area (TPSA) is 42.4 Å². The standard InChI is InChI=1S/C12H15BrN2O2/c1-15(9-5-7-17-8-6-9)12(16)10-3-2-4-11(13)14-10/h2-4,9H,5-8H2,1H3. The minimum atomic E-state index is -0.0294. The van der Waals surface area contributed by atoms with Crippen molar-refractivity contribution >= 4 is 21.8 Å². The van der Waals surface area contributed by atoms with E-state index >= 15 is 0 Å². The summed E-state index contributed by atoms with van der Waals surface area (Å²) in [4.78, 5) is 18.2. The zero-order valence-electron chi connectivity index (χ0n) is 9.73. The number of amides is 1. The predicted octanol–water partition coefficient (Wildman–Crippen LogP) is 2.10. The Morgan fingerprint density at radius 1 is 1.47 bits per heavy atom. The SMILES string of the molecule is CN(C(=O)c1cccc(Br)n1)C1CCOCC1. The van der Waals surface area contributed by atoms with Gasteiger partial charge in [-0.05, 0) is 40.9 Å². The van der Waals surface area contributed by atoms with Crippen LogP contribution < -0.4 is 0 Å². The molecule has 0 radical (unpaired) electrons. The number of ether oxygens (including phenoxy) is 1. The molecule has 1 saturated heterocycles. The number of carbonyl (C=O) groups excluding carboxylic acids is 1. The second kappa shape index (κ2) is 5.60. The van der Waals surface area contributed by atoms with Crippen molar-refractivity contribution in [2.24, 2.45) is 0 Å². The van der Waals surface area contributed by atoms with Crippen LogP contribution in [0.25, 0.3) is 0 Å². The van der Waals surface area contributed by atoms with E-state index in [1.807, 2.05) is 19.2 Å². The van der Waals surface area contributed by atoms with E-state index in [4.69, 9.17) is 4.74 Å². The van der Waals surface area contributed by atoms with E-state index in [0.29, 0.717) is 10.3 Å². The smallest absolute Gasteiger partial charge is 0.272 e. The number of carbonyl (C=O) groups is 1. The number of hydrogen-bond acceptors (Lipinski definition) is 3. The normalized spacial score (nSPS) is 16.8. The number of halogens is 1. The fraction of sp³-hybridized carbons (Fsp3) is 0.500. The van der Waals surface area contributed by atoms with Crippen LogP contribution in [-0.2, 0) is 4.74 Å². The molecule has 1 aromatic heterocycles. The van der Waals surface area contributed by atoms with Crippen molar-refractivity contribution in [3.63, 3.8) is 0 Å². The lowest BCUT2D eigenvalue weighted by Crippen LogP contribution is -2.40. The van der Waals surface area contributed by atoms with E-state index in [1.165, 1.54) is 0 Å². The van der Waals surface area contributed by atoms with Crippen molar-refractivity contribution < 1.29 is 9.53 Å². The van der Waals surface area contributed by atoms with Crippen molar-refractivity contribution in [2.75, 3.05) is 20.3 Å². The molecule has 0 saturated carbocycles. The molecule has 0 atom stereocenters. The zero-order chi connectivity index (χ0) is 12.3. The summed E-state index contributed by atoms with van der Waals surface area (Å²) in [6, 6.07) is 5.63. The Morgan fingerprint density at radius 2 is 2.18 bits per heavy atom. The van der Waals surface area contributed by atoms with Gasteiger partial charge in [-0.1, -0.05) is 6.07 Å². The largest absolute Gasteiger partial charge is 0.381 e. The van der Waals surface area contributed by atoms with Crippen LogP contribution >= 0.6 is 15.9 Å². The number of hydrogen-bond donors (Lipinski definition) is 0. The highest BCUT2D eigenvalue weighted by Crippen LogP contribution is 2.16. The first-order valence-electron chi connectivity index (χ1n) is 5.66. The second-order valence-electron chi connectivity index (χ2n) is 4.11. The molecule has 0 unspecified atom stereocenters. The van der Waals surface area contributed by atoms with Gasteiger partial charge in [0.05, 0.1) is 0 Å². The minimum Gasteiger partial charge on any atom is -0.381 e. The highest BCUT2D eigenvalue weighted by atomic mass is 79.9. The van der Waals surface area contributed by atoms with E-state index in [9.17, 15) is 4.79 Å². The summed E-state index contributed by atoms with van der Waals surface area (Å²) in [7, 11) is 1.83. The van der Waals surface area contributed by atoms with Gasteiger partial charge in [0.15, 0.2) is 0 Å². The van der Waals surface area contributed by atoms with Gasteiger partial charge < -0.3 is 9.64 Å². The third-order valence-corrected chi connectivity index (χ3v) is 3.43. The van der Waals surface area contributed by atoms with Gasteiger partial charge in [-0.2, -0.15) is 0 Å². The third-order valence-electron chi connectivity index (χ3n) is 2.99. The van der Waals surface area contributed by atoms with Crippen LogP contribution in [0.5, 0.6) is 0 Å². The fourth-order valence-corrected chi connectivity index (χ4v) is 2.29. The minimum absolute atomic E-state index is 0.0294. The van der Waals surface area contributed by atoms with Gasteiger partial charge >= 0.3 is 0 Å². The molecule has 0 bridgehead atoms. The Kier molecular flexibility index (Phi) is 4.12. The van der Waals surface area contributed by atoms with Crippen LogP contribution in [0.4, 0.5) is 0 Å². The molecular formula is C12H15BrN2O2. The monoisotopic (exact) mass is 298 g/mol. The second-order valence-corrected chi connectivity index (χ2v) is 4.92. The molecule has 1 aromatic rings. The van der Waals surface area contributed by atoms with Crippen molar-refractivity contribution in [2.45, 2.75) is 18.9 Å². The summed E-state index contributed by atoms with van der Waals surface area (Å²) >= 11 is 3.27. The Bertz CT molecular complexity index is 405. The van der Waals surface area contributed by atoms with Gasteiger partial charge in [-0.3, -0.25) is 4.79 Å². The molecule has 92 valence electrons. The van der Waals surface area contributed by atoms with Crippen LogP contribution in [0, 0.1) is 0 Å². The predicted molar refractivity (Wildman–Crippen MR) is 67.9 cm³/mol. The number of aromatic nitrogens is 1. The first-order chi connectivity index (χ1) is 8.18. The van der Waals surface area contributed by atoms with Gasteiger partial charge in [0, 0.05) is 26.3 Å². The fourth-order valence-electron chi connectivity index (χ4n) is 1.95. The van der Waals surface area contributed by atoms with E-state index in [0.717, 1.165) is 26.1 Å². The molecule has 17 heavy (non-hydrogen) atoms. The lowest BCUT2D eigenvalue weighted by Gasteiger charge is -2.31. The third kappa shape index (κ3) is 3.04. The molecule has 1 aliphatic rings. The highest BCUT2D eigenvalue weighted by Gasteiger charge is 2.23. The Labute approximate surface area is 109 Å². The van der Waals surface area contributed by atoms with Gasteiger partial charge in [-0.15, -0.1) is 0 Å². The lowest BCUT2D eigenvalue weighted by molar-refractivity contribution is 0.0359. The summed E-state index contributed by atoms with van der Waals surface area (Å²) in [5, 5.41) is 0. The van der Waals surface area contributed by atoms with Crippen LogP contribution in [0.15, 0.2) is 22.8 Å². The molecule has 2 heterocycles. The van der Waals surface area contributed by atoms with Crippen LogP contribution in [0.3, 0.4) is 0 Å². The molecule has 1 aliphatic heterocycles. The number of pyridine rings is 1. The molecular weight excluding hydrogens is 284 g/mol. The van der Waals surface area contributed by atoms with Gasteiger partial charge in [0.2, 0.25) is 0 Å². The summed E-state index contributed by atoms with van der Waals surface area (Å²) in [5.41, 5.74) is 0.480. The highest BCUT2D eigenvalue weighted by molar-refractivity contribution is 9.10. The average molecular weight is 299 g/mol. The van der Waals surface area contributed by atoms with Crippen molar-refractivity contribution in [3.8, 4) is 0 Å². The van der Waals surface area contributed by atoms with E-state index in [-0.39, 0.29) is 11.9 Å². The molecule has 5 heteroatoms. The molecule has 1 amide bonds. The number of nitrogens with zero attached hydrogens (tertiary/aromatic N) is 2. The quantitative estimate of drug-likeness (QED) is 0.785. The van der Waals surface area contributed by atoms with E-state index in [1.54, 1.807) is 11.0 Å². The van der Waals surface area contributed by atoms with Crippen molar-refractivity contribution in [1.82, 2.24) is 9.88 Å². The van der Waals surface area contributed by atoms with E-state index < -0.39 is 0 Å². The number of rotatable bonds is 2. The van der Waals surface area contributed by atoms with Gasteiger partial charge in [0.1, 0.15) is 10.3 Å². The Balaban J connectivity index is 2.08. The zero-order valence-corrected chi connectivity index (χ0v) is 11.3. The van der Waals surface area contributed by atoms with Crippen LogP contribution in [0.2, 0.25) is 0 Å². The van der Waals surface area contributed by atoms with Crippen LogP contribution in [-0.4, -0.2) is 42.1 Å². The van der Waals surface area contributed by atoms with Gasteiger partial charge in [-0.25, -0.2) is 4.98 Å². The van der Waals surface area contributed by atoms with Gasteiger partial charge in [0.25, 0.3) is 5.91 Å². The summed E-state index contributed by atoms with van der Waals surface area (Å²) in [6.45, 7) is 1.46. The molecule has 0 aromatic carbocycles. The first kappa shape index (κ1) is 12.5. The molecule has 0 aliphatic carbocycles. The van der Waals surface area contributed by atoms with Crippen LogP contribution in [0.1, 0.15) is 23.3 Å². The van der Waals surface area contributed by atoms with Crippen molar-refractivity contribution in [3.05, 3.63) is 28.5 Å². The maximum Gasteiger partial charge on any atom is 0.272 e. The summed E-state index contributed by atoms with van der Waals surface area (Å²) in [5.74, 6) is -0.0294. The van der Waals surface area contributed by atoms with E-state index in [2.05, 4.69) is 20.9 Å². The molecule has 4 nitrogen and oxygen atoms in total.